The molecule has 1 aliphatic rings. The van der Waals surface area contributed by atoms with Gasteiger partial charge in [-0.2, -0.15) is 0 Å². The van der Waals surface area contributed by atoms with Crippen LogP contribution >= 0.6 is 0 Å². The van der Waals surface area contributed by atoms with Crippen LogP contribution in [0, 0.1) is 0 Å². The van der Waals surface area contributed by atoms with Crippen LogP contribution in [0.15, 0.2) is 65.7 Å². The van der Waals surface area contributed by atoms with Crippen molar-refractivity contribution in [2.45, 2.75) is 42.9 Å². The fourth-order valence-electron chi connectivity index (χ4n) is 4.70. The number of rotatable bonds is 8. The number of nitrogens with one attached hydrogen (secondary N) is 3. The number of H-pyrrole nitrogens is 1. The number of ether oxygens (including phenoxy) is 1. The molecule has 9 nitrogen and oxygen atoms in total. The van der Waals surface area contributed by atoms with E-state index in [1.807, 2.05) is 36.5 Å². The highest BCUT2D eigenvalue weighted by Crippen LogP contribution is 2.36. The number of hydrogen-bond donors (Lipinski definition) is 4. The lowest BCUT2D eigenvalue weighted by Gasteiger charge is -2.32. The second kappa shape index (κ2) is 10.5. The monoisotopic (exact) mass is 534 g/mol. The average Bonchev–Trinajstić information content (AvgIpc) is 3.39. The average molecular weight is 535 g/mol. The summed E-state index contributed by atoms with van der Waals surface area (Å²) in [6, 6.07) is 17.1. The third-order valence-electron chi connectivity index (χ3n) is 6.96. The molecule has 0 atom stereocenters. The van der Waals surface area contributed by atoms with Gasteiger partial charge in [0.2, 0.25) is 0 Å². The van der Waals surface area contributed by atoms with Gasteiger partial charge in [0.25, 0.3) is 0 Å². The number of piperidine rings is 1. The lowest BCUT2D eigenvalue weighted by atomic mass is 10.1. The van der Waals surface area contributed by atoms with Crippen molar-refractivity contribution in [2.75, 3.05) is 35.7 Å². The van der Waals surface area contributed by atoms with Gasteiger partial charge >= 0.3 is 0 Å². The van der Waals surface area contributed by atoms with Crippen molar-refractivity contribution in [1.29, 1.82) is 0 Å². The van der Waals surface area contributed by atoms with Crippen LogP contribution in [-0.4, -0.2) is 49.9 Å². The van der Waals surface area contributed by atoms with E-state index < -0.39 is 15.1 Å². The quantitative estimate of drug-likeness (QED) is 0.244. The largest absolute Gasteiger partial charge is 0.494 e. The molecule has 0 amide bonds. The van der Waals surface area contributed by atoms with E-state index in [9.17, 15) is 8.42 Å². The van der Waals surface area contributed by atoms with Crippen molar-refractivity contribution in [3.8, 4) is 5.75 Å². The third kappa shape index (κ3) is 5.14. The Hall–Kier alpha value is -3.76. The smallest absolute Gasteiger partial charge is 0.182 e. The molecule has 0 unspecified atom stereocenters. The summed E-state index contributed by atoms with van der Waals surface area (Å²) in [5.41, 5.74) is 9.85. The van der Waals surface area contributed by atoms with Gasteiger partial charge in [-0.1, -0.05) is 12.1 Å². The summed E-state index contributed by atoms with van der Waals surface area (Å²) in [6.07, 6.45) is 3.75. The molecule has 5 N–H and O–H groups in total. The minimum absolute atomic E-state index is 0.265. The van der Waals surface area contributed by atoms with Crippen molar-refractivity contribution >= 4 is 49.4 Å². The predicted molar refractivity (Wildman–Crippen MR) is 154 cm³/mol. The first-order valence-electron chi connectivity index (χ1n) is 12.8. The maximum Gasteiger partial charge on any atom is 0.182 e. The summed E-state index contributed by atoms with van der Waals surface area (Å²) in [4.78, 5) is 10.5. The third-order valence-corrected chi connectivity index (χ3v) is 9.18. The standard InChI is InChI=1S/C28H34N6O3S/c1-18(2)38(35,36)26-7-5-4-6-23(26)31-24-17-27(33-28-21(24)10-13-30-28)32-22-9-8-20(16-25(22)37-3)34-14-11-19(29)12-15-34/h4-10,13,16-19H,11-12,14-15,29H2,1-3H3,(H3,30,31,32,33). The first-order valence-corrected chi connectivity index (χ1v) is 14.3. The van der Waals surface area contributed by atoms with Crippen molar-refractivity contribution in [2.24, 2.45) is 5.73 Å². The minimum atomic E-state index is -3.48. The van der Waals surface area contributed by atoms with Crippen LogP contribution in [0.1, 0.15) is 26.7 Å². The fourth-order valence-corrected chi connectivity index (χ4v) is 5.90. The minimum Gasteiger partial charge on any atom is -0.494 e. The maximum absolute atomic E-state index is 13.0. The number of benzene rings is 2. The summed E-state index contributed by atoms with van der Waals surface area (Å²) in [7, 11) is -1.83. The maximum atomic E-state index is 13.0. The van der Waals surface area contributed by atoms with E-state index in [-0.39, 0.29) is 10.9 Å². The van der Waals surface area contributed by atoms with Gasteiger partial charge in [0.15, 0.2) is 9.84 Å². The number of para-hydroxylation sites is 1. The molecule has 2 aromatic heterocycles. The van der Waals surface area contributed by atoms with Gasteiger partial charge < -0.3 is 31.0 Å². The Morgan fingerprint density at radius 1 is 1.03 bits per heavy atom. The van der Waals surface area contributed by atoms with Gasteiger partial charge in [0.05, 0.1) is 34.3 Å². The summed E-state index contributed by atoms with van der Waals surface area (Å²) in [6.45, 7) is 5.21. The van der Waals surface area contributed by atoms with Crippen LogP contribution in [0.3, 0.4) is 0 Å². The highest BCUT2D eigenvalue weighted by atomic mass is 32.2. The van der Waals surface area contributed by atoms with Gasteiger partial charge in [-0.15, -0.1) is 0 Å². The number of nitrogens with two attached hydrogens (primary N) is 1. The molecular formula is C28H34N6O3S. The van der Waals surface area contributed by atoms with Gasteiger partial charge in [-0.3, -0.25) is 0 Å². The molecule has 0 spiro atoms. The first-order chi connectivity index (χ1) is 18.3. The Morgan fingerprint density at radius 3 is 2.53 bits per heavy atom. The van der Waals surface area contributed by atoms with Gasteiger partial charge in [0.1, 0.15) is 17.2 Å². The molecule has 2 aromatic carbocycles. The van der Waals surface area contributed by atoms with E-state index >= 15 is 0 Å². The molecule has 0 saturated carbocycles. The van der Waals surface area contributed by atoms with E-state index in [1.54, 1.807) is 39.2 Å². The van der Waals surface area contributed by atoms with Crippen LogP contribution in [0.5, 0.6) is 5.75 Å². The van der Waals surface area contributed by atoms with E-state index in [0.29, 0.717) is 22.9 Å². The van der Waals surface area contributed by atoms with Gasteiger partial charge in [0, 0.05) is 48.5 Å². The molecule has 0 aliphatic carbocycles. The molecule has 1 fully saturated rings. The molecule has 0 radical (unpaired) electrons. The molecule has 38 heavy (non-hydrogen) atoms. The zero-order valence-corrected chi connectivity index (χ0v) is 22.7. The Balaban J connectivity index is 1.46. The number of sulfone groups is 1. The SMILES string of the molecule is COc1cc(N2CCC(N)CC2)ccc1Nc1cc(Nc2ccccc2S(=O)(=O)C(C)C)c2cc[nH]c2n1. The number of anilines is 5. The number of pyridine rings is 1. The molecule has 1 saturated heterocycles. The molecule has 10 heteroatoms. The molecule has 4 aromatic rings. The summed E-state index contributed by atoms with van der Waals surface area (Å²) in [5, 5.41) is 7.03. The molecule has 1 aliphatic heterocycles. The Morgan fingerprint density at radius 2 is 1.79 bits per heavy atom. The van der Waals surface area contributed by atoms with E-state index in [1.165, 1.54) is 0 Å². The van der Waals surface area contributed by atoms with Crippen molar-refractivity contribution in [1.82, 2.24) is 9.97 Å². The summed E-state index contributed by atoms with van der Waals surface area (Å²) >= 11 is 0. The molecule has 0 bridgehead atoms. The number of fused-ring (bicyclic) bond motifs is 1. The predicted octanol–water partition coefficient (Wildman–Crippen LogP) is 5.17. The Kier molecular flexibility index (Phi) is 7.18. The zero-order valence-electron chi connectivity index (χ0n) is 21.9. The summed E-state index contributed by atoms with van der Waals surface area (Å²) < 4.78 is 31.7. The second-order valence-corrected chi connectivity index (χ2v) is 12.3. The van der Waals surface area contributed by atoms with Gasteiger partial charge in [-0.25, -0.2) is 13.4 Å². The van der Waals surface area contributed by atoms with E-state index in [2.05, 4.69) is 26.6 Å². The highest BCUT2D eigenvalue weighted by molar-refractivity contribution is 7.92. The number of hydrogen-bond acceptors (Lipinski definition) is 8. The second-order valence-electron chi connectivity index (χ2n) is 9.84. The first kappa shape index (κ1) is 25.9. The van der Waals surface area contributed by atoms with Crippen LogP contribution in [0.2, 0.25) is 0 Å². The van der Waals surface area contributed by atoms with Crippen molar-refractivity contribution in [3.63, 3.8) is 0 Å². The van der Waals surface area contributed by atoms with E-state index in [4.69, 9.17) is 15.5 Å². The number of nitrogens with zero attached hydrogens (tertiary/aromatic N) is 2. The molecular weight excluding hydrogens is 500 g/mol. The molecule has 200 valence electrons. The molecule has 3 heterocycles. The van der Waals surface area contributed by atoms with Crippen molar-refractivity contribution < 1.29 is 13.2 Å². The lowest BCUT2D eigenvalue weighted by Crippen LogP contribution is -2.39. The van der Waals surface area contributed by atoms with Gasteiger partial charge in [-0.05, 0) is 57.0 Å². The summed E-state index contributed by atoms with van der Waals surface area (Å²) in [5.74, 6) is 1.29. The van der Waals surface area contributed by atoms with Crippen LogP contribution in [0.4, 0.5) is 28.6 Å². The Bertz CT molecular complexity index is 1540. The zero-order chi connectivity index (χ0) is 26.9. The normalized spacial score (nSPS) is 14.7. The lowest BCUT2D eigenvalue weighted by molar-refractivity contribution is 0.416. The van der Waals surface area contributed by atoms with Crippen LogP contribution in [0.25, 0.3) is 11.0 Å². The van der Waals surface area contributed by atoms with Crippen molar-refractivity contribution in [3.05, 3.63) is 60.8 Å². The number of methoxy groups -OCH3 is 1. The Labute approximate surface area is 223 Å². The molecule has 5 rings (SSSR count). The van der Waals surface area contributed by atoms with Crippen LogP contribution < -0.4 is 26.0 Å². The van der Waals surface area contributed by atoms with E-state index in [0.717, 1.165) is 48.4 Å². The number of aromatic amines is 1. The van der Waals surface area contributed by atoms with Crippen LogP contribution in [-0.2, 0) is 9.84 Å². The highest BCUT2D eigenvalue weighted by Gasteiger charge is 2.23. The fraction of sp³-hybridized carbons (Fsp3) is 0.321. The number of aromatic nitrogens is 2. The topological polar surface area (TPSA) is 125 Å².